The number of aromatic amines is 1. The van der Waals surface area contributed by atoms with Crippen LogP contribution >= 0.6 is 0 Å². The van der Waals surface area contributed by atoms with Gasteiger partial charge in [-0.1, -0.05) is 0 Å². The van der Waals surface area contributed by atoms with Crippen LogP contribution in [0.5, 0.6) is 0 Å². The first-order valence-electron chi connectivity index (χ1n) is 3.56. The Labute approximate surface area is 72.6 Å². The molecule has 1 aromatic heterocycles. The Kier molecular flexibility index (Phi) is 2.62. The lowest BCUT2D eigenvalue weighted by Gasteiger charge is -2.08. The van der Waals surface area contributed by atoms with Crippen LogP contribution in [0.2, 0.25) is 0 Å². The number of aromatic nitrogens is 1. The molecular formula is C7H9F2N3O. The van der Waals surface area contributed by atoms with Gasteiger partial charge in [0.15, 0.2) is 0 Å². The van der Waals surface area contributed by atoms with E-state index in [4.69, 9.17) is 11.5 Å². The van der Waals surface area contributed by atoms with Gasteiger partial charge in [0.05, 0.1) is 5.56 Å². The first kappa shape index (κ1) is 9.66. The van der Waals surface area contributed by atoms with E-state index >= 15 is 0 Å². The predicted molar refractivity (Wildman–Crippen MR) is 44.3 cm³/mol. The Morgan fingerprint density at radius 3 is 2.62 bits per heavy atom. The number of hydrogen-bond donors (Lipinski definition) is 3. The number of rotatable bonds is 2. The highest BCUT2D eigenvalue weighted by Crippen LogP contribution is 2.25. The van der Waals surface area contributed by atoms with Crippen molar-refractivity contribution in [1.29, 1.82) is 0 Å². The van der Waals surface area contributed by atoms with Gasteiger partial charge >= 0.3 is 0 Å². The van der Waals surface area contributed by atoms with E-state index in [0.29, 0.717) is 0 Å². The molecule has 72 valence electrons. The van der Waals surface area contributed by atoms with Gasteiger partial charge in [0.1, 0.15) is 0 Å². The van der Waals surface area contributed by atoms with Crippen LogP contribution in [-0.4, -0.2) is 4.98 Å². The fraction of sp³-hybridized carbons (Fsp3) is 0.286. The Bertz CT molecular complexity index is 361. The van der Waals surface area contributed by atoms with Gasteiger partial charge in [-0.05, 0) is 0 Å². The number of anilines is 1. The average molecular weight is 189 g/mol. The zero-order valence-corrected chi connectivity index (χ0v) is 6.68. The summed E-state index contributed by atoms with van der Waals surface area (Å²) in [4.78, 5) is 13.0. The summed E-state index contributed by atoms with van der Waals surface area (Å²) < 4.78 is 24.7. The fourth-order valence-corrected chi connectivity index (χ4v) is 1.06. The Balaban J connectivity index is 3.38. The maximum atomic E-state index is 12.3. The number of alkyl halides is 2. The summed E-state index contributed by atoms with van der Waals surface area (Å²) in [6.45, 7) is -0.167. The second kappa shape index (κ2) is 3.53. The Morgan fingerprint density at radius 2 is 2.15 bits per heavy atom. The lowest BCUT2D eigenvalue weighted by atomic mass is 10.1. The molecule has 0 aliphatic rings. The van der Waals surface area contributed by atoms with Gasteiger partial charge in [-0.15, -0.1) is 0 Å². The van der Waals surface area contributed by atoms with Crippen molar-refractivity contribution in [1.82, 2.24) is 4.98 Å². The second-order valence-electron chi connectivity index (χ2n) is 2.49. The lowest BCUT2D eigenvalue weighted by molar-refractivity contribution is 0.150. The van der Waals surface area contributed by atoms with Crippen molar-refractivity contribution in [2.45, 2.75) is 13.0 Å². The van der Waals surface area contributed by atoms with E-state index in [2.05, 4.69) is 4.98 Å². The summed E-state index contributed by atoms with van der Waals surface area (Å²) >= 11 is 0. The molecule has 1 rings (SSSR count). The molecule has 0 saturated heterocycles. The van der Waals surface area contributed by atoms with Crippen molar-refractivity contribution in [3.8, 4) is 0 Å². The van der Waals surface area contributed by atoms with Crippen molar-refractivity contribution in [2.24, 2.45) is 5.73 Å². The predicted octanol–water partition coefficient (Wildman–Crippen LogP) is 0.353. The second-order valence-corrected chi connectivity index (χ2v) is 2.49. The summed E-state index contributed by atoms with van der Waals surface area (Å²) in [7, 11) is 0. The molecule has 0 unspecified atom stereocenters. The van der Waals surface area contributed by atoms with E-state index in [9.17, 15) is 13.6 Å². The maximum Gasteiger partial charge on any atom is 0.267 e. The highest BCUT2D eigenvalue weighted by molar-refractivity contribution is 5.48. The van der Waals surface area contributed by atoms with E-state index in [-0.39, 0.29) is 23.5 Å². The quantitative estimate of drug-likeness (QED) is 0.627. The van der Waals surface area contributed by atoms with Crippen LogP contribution in [-0.2, 0) is 6.54 Å². The lowest BCUT2D eigenvalue weighted by Crippen LogP contribution is -2.16. The standard InChI is InChI=1S/C7H9F2N3O/c8-7(9)6-3(11)1-5(13)12-4(6)2-10/h1,7H,2,10H2,(H3,11,12,13). The number of nitrogens with two attached hydrogens (primary N) is 2. The molecule has 0 aromatic carbocycles. The third kappa shape index (κ3) is 1.83. The minimum Gasteiger partial charge on any atom is -0.398 e. The molecule has 0 saturated carbocycles. The largest absolute Gasteiger partial charge is 0.398 e. The molecule has 0 aliphatic heterocycles. The van der Waals surface area contributed by atoms with Crippen LogP contribution in [0.25, 0.3) is 0 Å². The van der Waals surface area contributed by atoms with E-state index < -0.39 is 12.0 Å². The average Bonchev–Trinajstić information content (AvgIpc) is 2.01. The first-order valence-corrected chi connectivity index (χ1v) is 3.56. The maximum absolute atomic E-state index is 12.3. The third-order valence-corrected chi connectivity index (χ3v) is 1.62. The molecule has 0 fully saturated rings. The summed E-state index contributed by atoms with van der Waals surface area (Å²) in [5, 5.41) is 0. The number of nitrogen functional groups attached to an aromatic ring is 1. The number of H-pyrrole nitrogens is 1. The summed E-state index contributed by atoms with van der Waals surface area (Å²) in [6.07, 6.45) is -2.73. The van der Waals surface area contributed by atoms with E-state index in [1.807, 2.05) is 0 Å². The molecule has 6 heteroatoms. The number of pyridine rings is 1. The Hall–Kier alpha value is -1.43. The molecule has 5 N–H and O–H groups in total. The molecule has 1 heterocycles. The van der Waals surface area contributed by atoms with Gasteiger partial charge in [0.25, 0.3) is 6.43 Å². The summed E-state index contributed by atoms with van der Waals surface area (Å²) in [5.74, 6) is 0. The fourth-order valence-electron chi connectivity index (χ4n) is 1.06. The van der Waals surface area contributed by atoms with Crippen LogP contribution in [0.1, 0.15) is 17.7 Å². The van der Waals surface area contributed by atoms with E-state index in [1.165, 1.54) is 0 Å². The van der Waals surface area contributed by atoms with Crippen LogP contribution in [0.4, 0.5) is 14.5 Å². The zero-order chi connectivity index (χ0) is 10.0. The van der Waals surface area contributed by atoms with Crippen molar-refractivity contribution in [3.05, 3.63) is 27.7 Å². The zero-order valence-electron chi connectivity index (χ0n) is 6.68. The monoisotopic (exact) mass is 189 g/mol. The molecule has 1 aromatic rings. The van der Waals surface area contributed by atoms with Crippen molar-refractivity contribution in [2.75, 3.05) is 5.73 Å². The number of nitrogens with one attached hydrogen (secondary N) is 1. The van der Waals surface area contributed by atoms with Gasteiger partial charge in [-0.25, -0.2) is 8.78 Å². The van der Waals surface area contributed by atoms with Crippen molar-refractivity contribution < 1.29 is 8.78 Å². The highest BCUT2D eigenvalue weighted by Gasteiger charge is 2.16. The minimum absolute atomic E-state index is 0.0139. The molecule has 4 nitrogen and oxygen atoms in total. The third-order valence-electron chi connectivity index (χ3n) is 1.62. The normalized spacial score (nSPS) is 10.8. The minimum atomic E-state index is -2.73. The molecule has 0 atom stereocenters. The van der Waals surface area contributed by atoms with Gasteiger partial charge < -0.3 is 16.5 Å². The van der Waals surface area contributed by atoms with Gasteiger partial charge in [-0.2, -0.15) is 0 Å². The first-order chi connectivity index (χ1) is 6.06. The number of hydrogen-bond acceptors (Lipinski definition) is 3. The van der Waals surface area contributed by atoms with Crippen LogP contribution < -0.4 is 17.0 Å². The van der Waals surface area contributed by atoms with Crippen LogP contribution in [0.3, 0.4) is 0 Å². The molecule has 0 spiro atoms. The van der Waals surface area contributed by atoms with Gasteiger partial charge in [0.2, 0.25) is 5.56 Å². The topological polar surface area (TPSA) is 84.9 Å². The SMILES string of the molecule is NCc1[nH]c(=O)cc(N)c1C(F)F. The highest BCUT2D eigenvalue weighted by atomic mass is 19.3. The van der Waals surface area contributed by atoms with Crippen LogP contribution in [0.15, 0.2) is 10.9 Å². The van der Waals surface area contributed by atoms with Gasteiger partial charge in [-0.3, -0.25) is 4.79 Å². The molecule has 0 radical (unpaired) electrons. The Morgan fingerprint density at radius 1 is 1.54 bits per heavy atom. The summed E-state index contributed by atoms with van der Waals surface area (Å²) in [5.41, 5.74) is 9.26. The van der Waals surface area contributed by atoms with E-state index in [0.717, 1.165) is 6.07 Å². The van der Waals surface area contributed by atoms with E-state index in [1.54, 1.807) is 0 Å². The molecule has 0 aliphatic carbocycles. The van der Waals surface area contributed by atoms with Gasteiger partial charge in [0, 0.05) is 24.0 Å². The molecule has 0 bridgehead atoms. The van der Waals surface area contributed by atoms with Crippen LogP contribution in [0, 0.1) is 0 Å². The number of halogens is 2. The molecule has 0 amide bonds. The summed E-state index contributed by atoms with van der Waals surface area (Å²) in [6, 6.07) is 0.917. The van der Waals surface area contributed by atoms with Crippen molar-refractivity contribution in [3.63, 3.8) is 0 Å². The molecule has 13 heavy (non-hydrogen) atoms. The van der Waals surface area contributed by atoms with Crippen molar-refractivity contribution >= 4 is 5.69 Å². The molecular weight excluding hydrogens is 180 g/mol. The smallest absolute Gasteiger partial charge is 0.267 e.